The van der Waals surface area contributed by atoms with E-state index in [-0.39, 0.29) is 5.25 Å². The molecule has 0 N–H and O–H groups in total. The topological polar surface area (TPSA) is 56.7 Å². The summed E-state index contributed by atoms with van der Waals surface area (Å²) in [6.07, 6.45) is 1.69. The first-order chi connectivity index (χ1) is 12.2. The van der Waals surface area contributed by atoms with Gasteiger partial charge >= 0.3 is 0 Å². The molecule has 0 saturated heterocycles. The number of aromatic nitrogens is 4. The zero-order chi connectivity index (χ0) is 17.4. The van der Waals surface area contributed by atoms with Gasteiger partial charge in [0.2, 0.25) is 0 Å². The Balaban J connectivity index is 1.64. The molecule has 0 spiro atoms. The predicted molar refractivity (Wildman–Crippen MR) is 102 cm³/mol. The summed E-state index contributed by atoms with van der Waals surface area (Å²) < 4.78 is 8.77. The molecule has 1 atom stereocenters. The second-order valence-electron chi connectivity index (χ2n) is 5.72. The van der Waals surface area contributed by atoms with Gasteiger partial charge in [-0.3, -0.25) is 0 Å². The first-order valence-corrected chi connectivity index (χ1v) is 9.86. The first kappa shape index (κ1) is 16.4. The molecule has 128 valence electrons. The summed E-state index contributed by atoms with van der Waals surface area (Å²) in [4.78, 5) is 4.76. The molecule has 4 rings (SSSR count). The van der Waals surface area contributed by atoms with Gasteiger partial charge in [-0.2, -0.15) is 0 Å². The van der Waals surface area contributed by atoms with Crippen molar-refractivity contribution in [2.75, 3.05) is 0 Å². The molecule has 0 aliphatic rings. The molecule has 4 aromatic rings. The molecular formula is C18H18N4OS2. The van der Waals surface area contributed by atoms with E-state index in [1.54, 1.807) is 29.4 Å². The molecule has 0 saturated carbocycles. The van der Waals surface area contributed by atoms with Gasteiger partial charge in [0.05, 0.1) is 27.3 Å². The molecule has 0 unspecified atom stereocenters. The molecule has 0 aliphatic heterocycles. The fourth-order valence-electron chi connectivity index (χ4n) is 2.75. The average Bonchev–Trinajstić information content (AvgIpc) is 3.31. The fraction of sp³-hybridized carbons (Fsp3) is 0.278. The van der Waals surface area contributed by atoms with Crippen LogP contribution < -0.4 is 0 Å². The van der Waals surface area contributed by atoms with Crippen molar-refractivity contribution in [3.8, 4) is 11.4 Å². The van der Waals surface area contributed by atoms with E-state index in [2.05, 4.69) is 46.8 Å². The highest BCUT2D eigenvalue weighted by atomic mass is 32.2. The van der Waals surface area contributed by atoms with Crippen LogP contribution in [0.25, 0.3) is 21.6 Å². The summed E-state index contributed by atoms with van der Waals surface area (Å²) in [6.45, 7) is 7.02. The number of furan rings is 1. The normalized spacial score (nSPS) is 12.8. The monoisotopic (exact) mass is 370 g/mol. The number of fused-ring (bicyclic) bond motifs is 1. The quantitative estimate of drug-likeness (QED) is 0.444. The van der Waals surface area contributed by atoms with Gasteiger partial charge < -0.3 is 8.98 Å². The minimum atomic E-state index is 0.213. The number of thiazole rings is 1. The van der Waals surface area contributed by atoms with Crippen molar-refractivity contribution in [3.63, 3.8) is 0 Å². The highest BCUT2D eigenvalue weighted by molar-refractivity contribution is 7.99. The Morgan fingerprint density at radius 2 is 2.08 bits per heavy atom. The van der Waals surface area contributed by atoms with Crippen molar-refractivity contribution in [3.05, 3.63) is 47.4 Å². The summed E-state index contributed by atoms with van der Waals surface area (Å²) in [6, 6.07) is 10.2. The Labute approximate surface area is 154 Å². The maximum Gasteiger partial charge on any atom is 0.192 e. The highest BCUT2D eigenvalue weighted by Crippen LogP contribution is 2.38. The maximum absolute atomic E-state index is 5.42. The van der Waals surface area contributed by atoms with Crippen molar-refractivity contribution in [2.24, 2.45) is 0 Å². The Bertz CT molecular complexity index is 984. The van der Waals surface area contributed by atoms with E-state index in [4.69, 9.17) is 9.40 Å². The largest absolute Gasteiger partial charge is 0.469 e. The SMILES string of the molecule is CCn1c(S[C@H](C)c2nc3ccccc3s2)nnc1-c1ccoc1C. The van der Waals surface area contributed by atoms with Crippen LogP contribution in [0.5, 0.6) is 0 Å². The molecule has 3 heterocycles. The third-order valence-electron chi connectivity index (χ3n) is 4.07. The molecule has 3 aromatic heterocycles. The van der Waals surface area contributed by atoms with Crippen LogP contribution in [0.1, 0.15) is 29.9 Å². The minimum Gasteiger partial charge on any atom is -0.469 e. The van der Waals surface area contributed by atoms with E-state index in [0.29, 0.717) is 0 Å². The van der Waals surface area contributed by atoms with E-state index in [1.165, 1.54) is 4.70 Å². The van der Waals surface area contributed by atoms with Gasteiger partial charge in [0, 0.05) is 6.54 Å². The number of para-hydroxylation sites is 1. The Kier molecular flexibility index (Phi) is 4.35. The van der Waals surface area contributed by atoms with E-state index in [0.717, 1.165) is 39.4 Å². The van der Waals surface area contributed by atoms with Crippen molar-refractivity contribution >= 4 is 33.3 Å². The number of hydrogen-bond donors (Lipinski definition) is 0. The second-order valence-corrected chi connectivity index (χ2v) is 8.09. The average molecular weight is 371 g/mol. The van der Waals surface area contributed by atoms with E-state index in [9.17, 15) is 0 Å². The maximum atomic E-state index is 5.42. The van der Waals surface area contributed by atoms with E-state index in [1.807, 2.05) is 19.1 Å². The number of rotatable bonds is 5. The lowest BCUT2D eigenvalue weighted by Crippen LogP contribution is -2.01. The van der Waals surface area contributed by atoms with Gasteiger partial charge in [-0.15, -0.1) is 21.5 Å². The van der Waals surface area contributed by atoms with Gasteiger partial charge in [-0.05, 0) is 39.0 Å². The zero-order valence-electron chi connectivity index (χ0n) is 14.3. The lowest BCUT2D eigenvalue weighted by Gasteiger charge is -2.10. The minimum absolute atomic E-state index is 0.213. The Morgan fingerprint density at radius 1 is 1.24 bits per heavy atom. The number of benzene rings is 1. The van der Waals surface area contributed by atoms with Crippen molar-refractivity contribution < 1.29 is 4.42 Å². The van der Waals surface area contributed by atoms with E-state index < -0.39 is 0 Å². The van der Waals surface area contributed by atoms with Crippen LogP contribution in [-0.2, 0) is 6.54 Å². The van der Waals surface area contributed by atoms with Crippen LogP contribution in [0.4, 0.5) is 0 Å². The van der Waals surface area contributed by atoms with Crippen LogP contribution in [0.15, 0.2) is 46.2 Å². The molecule has 0 fully saturated rings. The summed E-state index contributed by atoms with van der Waals surface area (Å²) in [5, 5.41) is 11.0. The third kappa shape index (κ3) is 2.98. The van der Waals surface area contributed by atoms with Crippen LogP contribution in [-0.4, -0.2) is 19.7 Å². The molecule has 7 heteroatoms. The summed E-state index contributed by atoms with van der Waals surface area (Å²) in [7, 11) is 0. The van der Waals surface area contributed by atoms with Crippen molar-refractivity contribution in [1.82, 2.24) is 19.7 Å². The smallest absolute Gasteiger partial charge is 0.192 e. The van der Waals surface area contributed by atoms with Gasteiger partial charge in [0.1, 0.15) is 10.8 Å². The predicted octanol–water partition coefficient (Wildman–Crippen LogP) is 5.33. The first-order valence-electron chi connectivity index (χ1n) is 8.17. The molecule has 25 heavy (non-hydrogen) atoms. The van der Waals surface area contributed by atoms with Gasteiger partial charge in [0.15, 0.2) is 11.0 Å². The highest BCUT2D eigenvalue weighted by Gasteiger charge is 2.20. The summed E-state index contributed by atoms with van der Waals surface area (Å²) in [5.41, 5.74) is 2.05. The van der Waals surface area contributed by atoms with Gasteiger partial charge in [-0.1, -0.05) is 23.9 Å². The molecule has 0 radical (unpaired) electrons. The van der Waals surface area contributed by atoms with Crippen LogP contribution in [0, 0.1) is 6.92 Å². The van der Waals surface area contributed by atoms with Gasteiger partial charge in [0.25, 0.3) is 0 Å². The standard InChI is InChI=1S/C18H18N4OS2/c1-4-22-16(13-9-10-23-11(13)2)20-21-18(22)24-12(3)17-19-14-7-5-6-8-15(14)25-17/h5-10,12H,4H2,1-3H3/t12-/m1/s1. The van der Waals surface area contributed by atoms with Crippen LogP contribution in [0.3, 0.4) is 0 Å². The third-order valence-corrected chi connectivity index (χ3v) is 6.53. The number of thioether (sulfide) groups is 1. The molecule has 0 aliphatic carbocycles. The van der Waals surface area contributed by atoms with Gasteiger partial charge in [-0.25, -0.2) is 4.98 Å². The van der Waals surface area contributed by atoms with Crippen LogP contribution >= 0.6 is 23.1 Å². The number of aryl methyl sites for hydroxylation is 1. The molecule has 1 aromatic carbocycles. The Hall–Kier alpha value is -2.12. The number of nitrogens with zero attached hydrogens (tertiary/aromatic N) is 4. The molecular weight excluding hydrogens is 352 g/mol. The molecule has 0 bridgehead atoms. The second kappa shape index (κ2) is 6.65. The fourth-order valence-corrected chi connectivity index (χ4v) is 4.84. The zero-order valence-corrected chi connectivity index (χ0v) is 15.9. The summed E-state index contributed by atoms with van der Waals surface area (Å²) in [5.74, 6) is 1.71. The molecule has 0 amide bonds. The lowest BCUT2D eigenvalue weighted by atomic mass is 10.2. The molecule has 5 nitrogen and oxygen atoms in total. The van der Waals surface area contributed by atoms with E-state index >= 15 is 0 Å². The van der Waals surface area contributed by atoms with Crippen LogP contribution in [0.2, 0.25) is 0 Å². The Morgan fingerprint density at radius 3 is 2.80 bits per heavy atom. The summed E-state index contributed by atoms with van der Waals surface area (Å²) >= 11 is 3.43. The number of hydrogen-bond acceptors (Lipinski definition) is 6. The lowest BCUT2D eigenvalue weighted by molar-refractivity contribution is 0.534. The van der Waals surface area contributed by atoms with Crippen molar-refractivity contribution in [2.45, 2.75) is 37.7 Å². The van der Waals surface area contributed by atoms with Crippen molar-refractivity contribution in [1.29, 1.82) is 0 Å².